The summed E-state index contributed by atoms with van der Waals surface area (Å²) in [7, 11) is 0. The monoisotopic (exact) mass is 480 g/mol. The van der Waals surface area contributed by atoms with Crippen molar-refractivity contribution in [1.82, 2.24) is 9.78 Å². The van der Waals surface area contributed by atoms with Crippen molar-refractivity contribution in [3.05, 3.63) is 114 Å². The van der Waals surface area contributed by atoms with Crippen LogP contribution in [0.15, 0.2) is 91.0 Å². The van der Waals surface area contributed by atoms with Crippen molar-refractivity contribution in [3.8, 4) is 22.8 Å². The number of alkyl halides is 3. The maximum atomic E-state index is 13.9. The largest absolute Gasteiger partial charge is 0.451 e. The first-order valence-corrected chi connectivity index (χ1v) is 10.6. The van der Waals surface area contributed by atoms with Crippen LogP contribution in [0.25, 0.3) is 22.2 Å². The summed E-state index contributed by atoms with van der Waals surface area (Å²) in [4.78, 5) is 0. The summed E-state index contributed by atoms with van der Waals surface area (Å²) >= 11 is 0. The lowest BCUT2D eigenvalue weighted by molar-refractivity contribution is -0.136. The number of para-hydroxylation sites is 1. The third-order valence-corrected chi connectivity index (χ3v) is 5.52. The number of aromatic nitrogens is 2. The van der Waals surface area contributed by atoms with Gasteiger partial charge in [0.15, 0.2) is 17.4 Å². The highest BCUT2D eigenvalue weighted by molar-refractivity contribution is 5.95. The van der Waals surface area contributed by atoms with E-state index in [0.717, 1.165) is 23.8 Å². The molecule has 0 aliphatic carbocycles. The highest BCUT2D eigenvalue weighted by Gasteiger charge is 2.34. The Labute approximate surface area is 197 Å². The van der Waals surface area contributed by atoms with Crippen molar-refractivity contribution < 1.29 is 26.7 Å². The summed E-state index contributed by atoms with van der Waals surface area (Å²) in [5, 5.41) is 4.67. The quantitative estimate of drug-likeness (QED) is 0.240. The molecular weight excluding hydrogens is 463 g/mol. The Bertz CT molecular complexity index is 1470. The molecule has 0 aliphatic heterocycles. The Kier molecular flexibility index (Phi) is 5.72. The van der Waals surface area contributed by atoms with E-state index in [1.807, 2.05) is 30.3 Å². The molecule has 0 N–H and O–H groups in total. The van der Waals surface area contributed by atoms with Crippen LogP contribution >= 0.6 is 0 Å². The van der Waals surface area contributed by atoms with Gasteiger partial charge in [0, 0.05) is 10.9 Å². The average molecular weight is 480 g/mol. The highest BCUT2D eigenvalue weighted by atomic mass is 19.4. The first-order chi connectivity index (χ1) is 16.8. The maximum Gasteiger partial charge on any atom is 0.418 e. The number of rotatable bonds is 5. The summed E-state index contributed by atoms with van der Waals surface area (Å²) in [5.41, 5.74) is 0.950. The Hall–Kier alpha value is -4.20. The fourth-order valence-electron chi connectivity index (χ4n) is 3.93. The molecule has 0 amide bonds. The van der Waals surface area contributed by atoms with E-state index in [4.69, 9.17) is 4.74 Å². The number of hydrogen-bond acceptors (Lipinski definition) is 2. The molecule has 35 heavy (non-hydrogen) atoms. The van der Waals surface area contributed by atoms with Gasteiger partial charge in [-0.25, -0.2) is 8.78 Å². The van der Waals surface area contributed by atoms with Crippen molar-refractivity contribution in [3.63, 3.8) is 0 Å². The molecule has 0 saturated carbocycles. The molecule has 0 unspecified atom stereocenters. The summed E-state index contributed by atoms with van der Waals surface area (Å²) in [6.45, 7) is 0.251. The first-order valence-electron chi connectivity index (χ1n) is 10.6. The van der Waals surface area contributed by atoms with Gasteiger partial charge in [-0.2, -0.15) is 18.3 Å². The van der Waals surface area contributed by atoms with Gasteiger partial charge in [-0.15, -0.1) is 0 Å². The van der Waals surface area contributed by atoms with Crippen molar-refractivity contribution in [1.29, 1.82) is 0 Å². The van der Waals surface area contributed by atoms with E-state index in [1.54, 1.807) is 18.2 Å². The van der Waals surface area contributed by atoms with E-state index >= 15 is 0 Å². The van der Waals surface area contributed by atoms with Crippen LogP contribution in [0.5, 0.6) is 11.5 Å². The molecule has 5 aromatic rings. The van der Waals surface area contributed by atoms with Crippen LogP contribution in [0.3, 0.4) is 0 Å². The summed E-state index contributed by atoms with van der Waals surface area (Å²) in [6.07, 6.45) is -4.57. The fourth-order valence-corrected chi connectivity index (χ4v) is 3.93. The molecule has 8 heteroatoms. The van der Waals surface area contributed by atoms with E-state index in [2.05, 4.69) is 5.10 Å². The van der Waals surface area contributed by atoms with Gasteiger partial charge in [0.25, 0.3) is 0 Å². The van der Waals surface area contributed by atoms with Gasteiger partial charge in [-0.05, 0) is 48.0 Å². The molecule has 1 heterocycles. The van der Waals surface area contributed by atoms with Crippen LogP contribution in [0.2, 0.25) is 0 Å². The predicted molar refractivity (Wildman–Crippen MR) is 122 cm³/mol. The van der Waals surface area contributed by atoms with Gasteiger partial charge in [0.05, 0.1) is 17.8 Å². The smallest absolute Gasteiger partial charge is 0.418 e. The summed E-state index contributed by atoms with van der Waals surface area (Å²) in [6, 6.07) is 22.8. The van der Waals surface area contributed by atoms with Gasteiger partial charge in [-0.3, -0.25) is 4.68 Å². The van der Waals surface area contributed by atoms with E-state index in [9.17, 15) is 22.0 Å². The summed E-state index contributed by atoms with van der Waals surface area (Å²) < 4.78 is 75.8. The number of hydrogen-bond donors (Lipinski definition) is 0. The molecule has 3 nitrogen and oxygen atoms in total. The minimum atomic E-state index is -4.57. The van der Waals surface area contributed by atoms with Crippen molar-refractivity contribution in [2.24, 2.45) is 0 Å². The normalized spacial score (nSPS) is 11.7. The zero-order valence-electron chi connectivity index (χ0n) is 18.1. The van der Waals surface area contributed by atoms with Crippen molar-refractivity contribution in [2.45, 2.75) is 12.7 Å². The molecule has 4 aromatic carbocycles. The summed E-state index contributed by atoms with van der Waals surface area (Å²) in [5.74, 6) is -2.05. The Morgan fingerprint density at radius 3 is 2.06 bits per heavy atom. The standard InChI is InChI=1S/C27H17F5N2O/c28-22-10-5-11-23(29)26(22)35-19-14-12-18(13-15-19)25-20-8-4-9-21(27(30,31)32)24(20)33-34(25)16-17-6-2-1-3-7-17/h1-15H,16H2. The topological polar surface area (TPSA) is 27.1 Å². The lowest BCUT2D eigenvalue weighted by atomic mass is 10.0. The SMILES string of the molecule is Fc1cccc(F)c1Oc1ccc(-c2c3cccc(C(F)(F)F)c3nn2Cc2ccccc2)cc1. The number of nitrogens with zero attached hydrogens (tertiary/aromatic N) is 2. The second-order valence-electron chi connectivity index (χ2n) is 7.87. The molecule has 0 radical (unpaired) electrons. The Morgan fingerprint density at radius 1 is 0.743 bits per heavy atom. The first kappa shape index (κ1) is 22.6. The van der Waals surface area contributed by atoms with Gasteiger partial charge in [-0.1, -0.05) is 48.5 Å². The van der Waals surface area contributed by atoms with Crippen LogP contribution in [0.4, 0.5) is 22.0 Å². The van der Waals surface area contributed by atoms with Gasteiger partial charge in [0.1, 0.15) is 11.3 Å². The molecule has 0 saturated heterocycles. The van der Waals surface area contributed by atoms with Gasteiger partial charge < -0.3 is 4.74 Å². The molecular formula is C27H17F5N2O. The fraction of sp³-hybridized carbons (Fsp3) is 0.0741. The van der Waals surface area contributed by atoms with E-state index in [0.29, 0.717) is 16.6 Å². The van der Waals surface area contributed by atoms with Crippen LogP contribution in [-0.2, 0) is 12.7 Å². The molecule has 0 atom stereocenters. The molecule has 0 aliphatic rings. The van der Waals surface area contributed by atoms with E-state index in [1.165, 1.54) is 28.9 Å². The molecule has 1 aromatic heterocycles. The van der Waals surface area contributed by atoms with E-state index < -0.39 is 29.1 Å². The molecule has 0 bridgehead atoms. The lowest BCUT2D eigenvalue weighted by Gasteiger charge is -2.11. The molecule has 5 rings (SSSR count). The Balaban J connectivity index is 1.60. The van der Waals surface area contributed by atoms with Gasteiger partial charge in [0.2, 0.25) is 0 Å². The minimum Gasteiger partial charge on any atom is -0.451 e. The number of fused-ring (bicyclic) bond motifs is 1. The number of ether oxygens (including phenoxy) is 1. The molecule has 0 fully saturated rings. The molecule has 0 spiro atoms. The van der Waals surface area contributed by atoms with Crippen molar-refractivity contribution in [2.75, 3.05) is 0 Å². The highest BCUT2D eigenvalue weighted by Crippen LogP contribution is 2.39. The lowest BCUT2D eigenvalue weighted by Crippen LogP contribution is -2.06. The van der Waals surface area contributed by atoms with Gasteiger partial charge >= 0.3 is 6.18 Å². The maximum absolute atomic E-state index is 13.9. The number of halogens is 5. The number of benzene rings is 4. The van der Waals surface area contributed by atoms with Crippen LogP contribution < -0.4 is 4.74 Å². The predicted octanol–water partition coefficient (Wildman–Crippen LogP) is 7.84. The third-order valence-electron chi connectivity index (χ3n) is 5.52. The third kappa shape index (κ3) is 4.47. The van der Waals surface area contributed by atoms with E-state index in [-0.39, 0.29) is 17.8 Å². The zero-order valence-corrected chi connectivity index (χ0v) is 18.1. The second kappa shape index (κ2) is 8.87. The second-order valence-corrected chi connectivity index (χ2v) is 7.87. The van der Waals surface area contributed by atoms with Crippen LogP contribution in [0.1, 0.15) is 11.1 Å². The van der Waals surface area contributed by atoms with Crippen molar-refractivity contribution >= 4 is 10.9 Å². The van der Waals surface area contributed by atoms with Crippen LogP contribution in [-0.4, -0.2) is 9.78 Å². The Morgan fingerprint density at radius 2 is 1.40 bits per heavy atom. The molecule has 176 valence electrons. The average Bonchev–Trinajstić information content (AvgIpc) is 3.19. The minimum absolute atomic E-state index is 0.153. The zero-order chi connectivity index (χ0) is 24.6. The van der Waals surface area contributed by atoms with Crippen LogP contribution in [0, 0.1) is 11.6 Å².